The van der Waals surface area contributed by atoms with Crippen LogP contribution in [-0.2, 0) is 0 Å². The van der Waals surface area contributed by atoms with Crippen LogP contribution in [0.15, 0.2) is 12.1 Å². The SMILES string of the molecule is CCN(c1ccc([N+](=O)[O-])c(C)n1)C1CCNC1. The van der Waals surface area contributed by atoms with Gasteiger partial charge in [0.1, 0.15) is 11.5 Å². The minimum Gasteiger partial charge on any atom is -0.353 e. The zero-order valence-corrected chi connectivity index (χ0v) is 10.7. The number of hydrogen-bond donors (Lipinski definition) is 1. The quantitative estimate of drug-likeness (QED) is 0.647. The molecule has 1 aliphatic rings. The van der Waals surface area contributed by atoms with Crippen LogP contribution in [0.2, 0.25) is 0 Å². The molecule has 1 atom stereocenters. The fourth-order valence-electron chi connectivity index (χ4n) is 2.41. The van der Waals surface area contributed by atoms with Crippen molar-refractivity contribution in [1.82, 2.24) is 10.3 Å². The molecule has 1 N–H and O–H groups in total. The minimum absolute atomic E-state index is 0.0827. The average molecular weight is 250 g/mol. The summed E-state index contributed by atoms with van der Waals surface area (Å²) in [4.78, 5) is 17.0. The van der Waals surface area contributed by atoms with Crippen molar-refractivity contribution in [2.45, 2.75) is 26.3 Å². The van der Waals surface area contributed by atoms with Crippen molar-refractivity contribution in [3.8, 4) is 0 Å². The lowest BCUT2D eigenvalue weighted by molar-refractivity contribution is -0.385. The van der Waals surface area contributed by atoms with E-state index in [2.05, 4.69) is 22.1 Å². The van der Waals surface area contributed by atoms with Gasteiger partial charge in [0.05, 0.1) is 4.92 Å². The van der Waals surface area contributed by atoms with Crippen molar-refractivity contribution in [3.05, 3.63) is 27.9 Å². The summed E-state index contributed by atoms with van der Waals surface area (Å²) in [6, 6.07) is 3.72. The molecule has 2 heterocycles. The number of aryl methyl sites for hydroxylation is 1. The topological polar surface area (TPSA) is 71.3 Å². The summed E-state index contributed by atoms with van der Waals surface area (Å²) in [7, 11) is 0. The number of pyridine rings is 1. The molecule has 0 spiro atoms. The van der Waals surface area contributed by atoms with E-state index in [1.54, 1.807) is 19.1 Å². The Balaban J connectivity index is 2.26. The van der Waals surface area contributed by atoms with Crippen LogP contribution in [0.25, 0.3) is 0 Å². The van der Waals surface area contributed by atoms with Crippen molar-refractivity contribution < 1.29 is 4.92 Å². The van der Waals surface area contributed by atoms with Gasteiger partial charge in [0.2, 0.25) is 0 Å². The molecule has 0 aliphatic carbocycles. The lowest BCUT2D eigenvalue weighted by atomic mass is 10.2. The molecule has 1 unspecified atom stereocenters. The Morgan fingerprint density at radius 1 is 1.61 bits per heavy atom. The van der Waals surface area contributed by atoms with E-state index < -0.39 is 0 Å². The number of anilines is 1. The molecule has 0 bridgehead atoms. The van der Waals surface area contributed by atoms with Gasteiger partial charge in [0, 0.05) is 25.2 Å². The second-order valence-electron chi connectivity index (χ2n) is 4.46. The molecule has 0 saturated carbocycles. The largest absolute Gasteiger partial charge is 0.353 e. The van der Waals surface area contributed by atoms with Crippen LogP contribution < -0.4 is 10.2 Å². The maximum atomic E-state index is 10.8. The van der Waals surface area contributed by atoms with E-state index in [1.165, 1.54) is 0 Å². The molecule has 0 radical (unpaired) electrons. The van der Waals surface area contributed by atoms with Gasteiger partial charge in [-0.2, -0.15) is 0 Å². The molecule has 18 heavy (non-hydrogen) atoms. The Morgan fingerprint density at radius 2 is 2.39 bits per heavy atom. The van der Waals surface area contributed by atoms with Gasteiger partial charge >= 0.3 is 0 Å². The molecule has 1 saturated heterocycles. The third-order valence-corrected chi connectivity index (χ3v) is 3.35. The maximum Gasteiger partial charge on any atom is 0.290 e. The highest BCUT2D eigenvalue weighted by Crippen LogP contribution is 2.23. The lowest BCUT2D eigenvalue weighted by Crippen LogP contribution is -2.37. The molecular weight excluding hydrogens is 232 g/mol. The Hall–Kier alpha value is -1.69. The van der Waals surface area contributed by atoms with Crippen molar-refractivity contribution in [2.75, 3.05) is 24.5 Å². The summed E-state index contributed by atoms with van der Waals surface area (Å²) in [6.45, 7) is 6.59. The zero-order valence-electron chi connectivity index (χ0n) is 10.7. The summed E-state index contributed by atoms with van der Waals surface area (Å²) < 4.78 is 0. The first kappa shape index (κ1) is 12.8. The molecule has 1 aromatic heterocycles. The summed E-state index contributed by atoms with van der Waals surface area (Å²) in [5, 5.41) is 14.1. The van der Waals surface area contributed by atoms with Gasteiger partial charge < -0.3 is 10.2 Å². The molecule has 1 fully saturated rings. The van der Waals surface area contributed by atoms with Crippen LogP contribution >= 0.6 is 0 Å². The van der Waals surface area contributed by atoms with Crippen LogP contribution in [0.4, 0.5) is 11.5 Å². The third kappa shape index (κ3) is 2.43. The molecular formula is C12H18N4O2. The molecule has 1 aliphatic heterocycles. The normalized spacial score (nSPS) is 18.9. The summed E-state index contributed by atoms with van der Waals surface area (Å²) >= 11 is 0. The van der Waals surface area contributed by atoms with E-state index in [0.717, 1.165) is 31.9 Å². The number of nitrogens with zero attached hydrogens (tertiary/aromatic N) is 3. The summed E-state index contributed by atoms with van der Waals surface area (Å²) in [6.07, 6.45) is 1.09. The fourth-order valence-corrected chi connectivity index (χ4v) is 2.41. The van der Waals surface area contributed by atoms with Crippen molar-refractivity contribution in [3.63, 3.8) is 0 Å². The third-order valence-electron chi connectivity index (χ3n) is 3.35. The molecule has 0 aromatic carbocycles. The van der Waals surface area contributed by atoms with Crippen molar-refractivity contribution in [2.24, 2.45) is 0 Å². The van der Waals surface area contributed by atoms with Gasteiger partial charge in [0.25, 0.3) is 5.69 Å². The number of hydrogen-bond acceptors (Lipinski definition) is 5. The monoisotopic (exact) mass is 250 g/mol. The standard InChI is InChI=1S/C12H18N4O2/c1-3-15(10-6-7-13-8-10)12-5-4-11(16(17)18)9(2)14-12/h4-5,10,13H,3,6-8H2,1-2H3. The first-order valence-electron chi connectivity index (χ1n) is 6.23. The minimum atomic E-state index is -0.389. The van der Waals surface area contributed by atoms with E-state index in [9.17, 15) is 10.1 Å². The van der Waals surface area contributed by atoms with Gasteiger partial charge in [-0.15, -0.1) is 0 Å². The molecule has 98 valence electrons. The van der Waals surface area contributed by atoms with E-state index in [-0.39, 0.29) is 10.6 Å². The molecule has 6 heteroatoms. The lowest BCUT2D eigenvalue weighted by Gasteiger charge is -2.28. The Labute approximate surface area is 106 Å². The van der Waals surface area contributed by atoms with Crippen LogP contribution in [0, 0.1) is 17.0 Å². The highest BCUT2D eigenvalue weighted by Gasteiger charge is 2.23. The summed E-state index contributed by atoms with van der Waals surface area (Å²) in [5.74, 6) is 0.828. The average Bonchev–Trinajstić information content (AvgIpc) is 2.83. The van der Waals surface area contributed by atoms with Crippen LogP contribution in [0.3, 0.4) is 0 Å². The number of nitrogens with one attached hydrogen (secondary N) is 1. The van der Waals surface area contributed by atoms with Gasteiger partial charge in [-0.05, 0) is 32.9 Å². The number of aromatic nitrogens is 1. The Kier molecular flexibility index (Phi) is 3.76. The first-order chi connectivity index (χ1) is 8.63. The van der Waals surface area contributed by atoms with Crippen molar-refractivity contribution >= 4 is 11.5 Å². The predicted octanol–water partition coefficient (Wildman–Crippen LogP) is 1.49. The molecule has 2 rings (SSSR count). The van der Waals surface area contributed by atoms with E-state index >= 15 is 0 Å². The molecule has 1 aromatic rings. The number of nitro groups is 1. The molecule has 6 nitrogen and oxygen atoms in total. The number of rotatable bonds is 4. The van der Waals surface area contributed by atoms with Gasteiger partial charge in [-0.25, -0.2) is 4.98 Å². The predicted molar refractivity (Wildman–Crippen MR) is 69.9 cm³/mol. The van der Waals surface area contributed by atoms with E-state index in [4.69, 9.17) is 0 Å². The smallest absolute Gasteiger partial charge is 0.290 e. The van der Waals surface area contributed by atoms with Crippen LogP contribution in [-0.4, -0.2) is 35.6 Å². The van der Waals surface area contributed by atoms with Crippen LogP contribution in [0.1, 0.15) is 19.0 Å². The van der Waals surface area contributed by atoms with Gasteiger partial charge in [0.15, 0.2) is 0 Å². The Morgan fingerprint density at radius 3 is 2.89 bits per heavy atom. The van der Waals surface area contributed by atoms with Crippen LogP contribution in [0.5, 0.6) is 0 Å². The molecule has 0 amide bonds. The van der Waals surface area contributed by atoms with E-state index in [0.29, 0.717) is 11.7 Å². The Bertz CT molecular complexity index is 444. The maximum absolute atomic E-state index is 10.8. The van der Waals surface area contributed by atoms with Gasteiger partial charge in [-0.3, -0.25) is 10.1 Å². The van der Waals surface area contributed by atoms with E-state index in [1.807, 2.05) is 0 Å². The first-order valence-corrected chi connectivity index (χ1v) is 6.23. The summed E-state index contributed by atoms with van der Waals surface area (Å²) in [5.41, 5.74) is 0.557. The number of likely N-dealkylation sites (N-methyl/N-ethyl adjacent to an activating group) is 1. The highest BCUT2D eigenvalue weighted by molar-refractivity contribution is 5.47. The second-order valence-corrected chi connectivity index (χ2v) is 4.46. The van der Waals surface area contributed by atoms with Gasteiger partial charge in [-0.1, -0.05) is 0 Å². The van der Waals surface area contributed by atoms with Crippen molar-refractivity contribution in [1.29, 1.82) is 0 Å². The fraction of sp³-hybridized carbons (Fsp3) is 0.583. The zero-order chi connectivity index (χ0) is 13.1. The second kappa shape index (κ2) is 5.30. The highest BCUT2D eigenvalue weighted by atomic mass is 16.6.